The van der Waals surface area contributed by atoms with Crippen molar-refractivity contribution in [2.45, 2.75) is 19.7 Å². The number of aliphatic imine (C=N–C) groups is 2. The van der Waals surface area contributed by atoms with Crippen molar-refractivity contribution in [3.63, 3.8) is 0 Å². The van der Waals surface area contributed by atoms with Gasteiger partial charge in [-0.3, -0.25) is 0 Å². The Labute approximate surface area is 82.8 Å². The molecule has 1 heterocycles. The van der Waals surface area contributed by atoms with Crippen molar-refractivity contribution in [3.05, 3.63) is 35.9 Å². The molecule has 0 fully saturated rings. The smallest absolute Gasteiger partial charge is 0.252 e. The largest absolute Gasteiger partial charge is 0.351 e. The van der Waals surface area contributed by atoms with Crippen LogP contribution in [0, 0.1) is 0 Å². The highest BCUT2D eigenvalue weighted by molar-refractivity contribution is 6.48. The van der Waals surface area contributed by atoms with Gasteiger partial charge >= 0.3 is 0 Å². The minimum absolute atomic E-state index is 0.774. The molecule has 0 aromatic heterocycles. The average molecular weight is 188 g/mol. The molecule has 1 aliphatic rings. The van der Waals surface area contributed by atoms with Crippen LogP contribution in [0.1, 0.15) is 19.4 Å². The second-order valence-electron chi connectivity index (χ2n) is 3.49. The molecule has 0 saturated carbocycles. The highest BCUT2D eigenvalue weighted by atomic mass is 16.3. The van der Waals surface area contributed by atoms with Gasteiger partial charge in [-0.25, -0.2) is 9.98 Å². The first kappa shape index (κ1) is 9.09. The lowest BCUT2D eigenvalue weighted by atomic mass is 10.1. The lowest BCUT2D eigenvalue weighted by Gasteiger charge is -2.06. The van der Waals surface area contributed by atoms with E-state index in [-0.39, 0.29) is 0 Å². The monoisotopic (exact) mass is 188 g/mol. The predicted octanol–water partition coefficient (Wildman–Crippen LogP) is 1.62. The standard InChI is InChI=1S/C11H12N2O/c1-8-10(13-11(2,14)12-8)9-6-4-3-5-7-9/h3-7,14H,1-2H3. The van der Waals surface area contributed by atoms with Gasteiger partial charge in [-0.1, -0.05) is 30.3 Å². The van der Waals surface area contributed by atoms with Gasteiger partial charge < -0.3 is 5.11 Å². The molecule has 14 heavy (non-hydrogen) atoms. The van der Waals surface area contributed by atoms with Gasteiger partial charge in [0.25, 0.3) is 5.85 Å². The number of aliphatic hydroxyl groups is 1. The third kappa shape index (κ3) is 1.59. The predicted molar refractivity (Wildman–Crippen MR) is 56.7 cm³/mol. The normalized spacial score (nSPS) is 25.9. The SMILES string of the molecule is CC1=NC(C)(O)N=C1c1ccccc1. The topological polar surface area (TPSA) is 45.0 Å². The lowest BCUT2D eigenvalue weighted by Crippen LogP contribution is -2.14. The third-order valence-electron chi connectivity index (χ3n) is 2.09. The summed E-state index contributed by atoms with van der Waals surface area (Å²) in [6.45, 7) is 3.43. The summed E-state index contributed by atoms with van der Waals surface area (Å²) in [6.07, 6.45) is 0. The summed E-state index contributed by atoms with van der Waals surface area (Å²) in [7, 11) is 0. The summed E-state index contributed by atoms with van der Waals surface area (Å²) < 4.78 is 0. The molecule has 3 nitrogen and oxygen atoms in total. The van der Waals surface area contributed by atoms with Crippen LogP contribution in [0.15, 0.2) is 40.3 Å². The van der Waals surface area contributed by atoms with Crippen LogP contribution >= 0.6 is 0 Å². The van der Waals surface area contributed by atoms with Crippen molar-refractivity contribution in [3.8, 4) is 0 Å². The van der Waals surface area contributed by atoms with Gasteiger partial charge in [0.1, 0.15) is 0 Å². The Bertz CT molecular complexity index is 405. The first-order valence-corrected chi connectivity index (χ1v) is 4.53. The van der Waals surface area contributed by atoms with E-state index < -0.39 is 5.85 Å². The summed E-state index contributed by atoms with van der Waals surface area (Å²) in [6, 6.07) is 9.75. The van der Waals surface area contributed by atoms with Crippen LogP contribution in [-0.2, 0) is 0 Å². The molecule has 0 spiro atoms. The Balaban J connectivity index is 2.44. The number of nitrogens with zero attached hydrogens (tertiary/aromatic N) is 2. The number of hydrogen-bond donors (Lipinski definition) is 1. The zero-order valence-electron chi connectivity index (χ0n) is 8.23. The third-order valence-corrected chi connectivity index (χ3v) is 2.09. The van der Waals surface area contributed by atoms with Crippen LogP contribution in [-0.4, -0.2) is 22.4 Å². The summed E-state index contributed by atoms with van der Waals surface area (Å²) in [5, 5.41) is 9.62. The molecule has 1 aromatic carbocycles. The highest BCUT2D eigenvalue weighted by Gasteiger charge is 2.26. The Morgan fingerprint density at radius 2 is 1.79 bits per heavy atom. The Morgan fingerprint density at radius 1 is 1.14 bits per heavy atom. The molecule has 0 radical (unpaired) electrons. The molecule has 1 aliphatic heterocycles. The first-order valence-electron chi connectivity index (χ1n) is 4.53. The van der Waals surface area contributed by atoms with E-state index in [2.05, 4.69) is 9.98 Å². The zero-order chi connectivity index (χ0) is 10.2. The maximum absolute atomic E-state index is 9.62. The quantitative estimate of drug-likeness (QED) is 0.715. The summed E-state index contributed by atoms with van der Waals surface area (Å²) in [5.41, 5.74) is 2.54. The first-order chi connectivity index (χ1) is 6.58. The molecule has 0 aliphatic carbocycles. The second kappa shape index (κ2) is 3.03. The van der Waals surface area contributed by atoms with Crippen LogP contribution in [0.2, 0.25) is 0 Å². The van der Waals surface area contributed by atoms with Gasteiger partial charge in [0.05, 0.1) is 11.4 Å². The van der Waals surface area contributed by atoms with Crippen molar-refractivity contribution >= 4 is 11.4 Å². The second-order valence-corrected chi connectivity index (χ2v) is 3.49. The Kier molecular flexibility index (Phi) is 1.97. The van der Waals surface area contributed by atoms with Gasteiger partial charge in [0, 0.05) is 12.5 Å². The summed E-state index contributed by atoms with van der Waals surface area (Å²) in [4.78, 5) is 8.19. The van der Waals surface area contributed by atoms with Crippen molar-refractivity contribution in [2.24, 2.45) is 9.98 Å². The van der Waals surface area contributed by atoms with Gasteiger partial charge in [-0.2, -0.15) is 0 Å². The molecule has 3 heteroatoms. The molecule has 0 bridgehead atoms. The highest BCUT2D eigenvalue weighted by Crippen LogP contribution is 2.19. The van der Waals surface area contributed by atoms with Crippen LogP contribution < -0.4 is 0 Å². The molecule has 0 amide bonds. The molecular formula is C11H12N2O. The van der Waals surface area contributed by atoms with Crippen LogP contribution in [0.3, 0.4) is 0 Å². The van der Waals surface area contributed by atoms with Crippen LogP contribution in [0.5, 0.6) is 0 Å². The average Bonchev–Trinajstić information content (AvgIpc) is 2.41. The van der Waals surface area contributed by atoms with E-state index in [0.29, 0.717) is 0 Å². The van der Waals surface area contributed by atoms with Crippen LogP contribution in [0.4, 0.5) is 0 Å². The van der Waals surface area contributed by atoms with Gasteiger partial charge in [0.15, 0.2) is 0 Å². The number of rotatable bonds is 1. The van der Waals surface area contributed by atoms with Crippen molar-refractivity contribution in [1.82, 2.24) is 0 Å². The molecule has 1 aromatic rings. The molecular weight excluding hydrogens is 176 g/mol. The van der Waals surface area contributed by atoms with E-state index in [4.69, 9.17) is 0 Å². The minimum atomic E-state index is -1.28. The molecule has 1 atom stereocenters. The summed E-state index contributed by atoms with van der Waals surface area (Å²) in [5.74, 6) is -1.28. The Morgan fingerprint density at radius 3 is 2.29 bits per heavy atom. The molecule has 2 rings (SSSR count). The van der Waals surface area contributed by atoms with Crippen LogP contribution in [0.25, 0.3) is 0 Å². The fraction of sp³-hybridized carbons (Fsp3) is 0.273. The number of hydrogen-bond acceptors (Lipinski definition) is 3. The van der Waals surface area contributed by atoms with E-state index in [0.717, 1.165) is 17.0 Å². The number of benzene rings is 1. The van der Waals surface area contributed by atoms with E-state index >= 15 is 0 Å². The van der Waals surface area contributed by atoms with Gasteiger partial charge in [-0.05, 0) is 6.92 Å². The van der Waals surface area contributed by atoms with Gasteiger partial charge in [-0.15, -0.1) is 0 Å². The molecule has 1 unspecified atom stereocenters. The fourth-order valence-corrected chi connectivity index (χ4v) is 1.56. The maximum atomic E-state index is 9.62. The molecule has 0 saturated heterocycles. The lowest BCUT2D eigenvalue weighted by molar-refractivity contribution is 0.0837. The van der Waals surface area contributed by atoms with E-state index in [9.17, 15) is 5.11 Å². The minimum Gasteiger partial charge on any atom is -0.351 e. The summed E-state index contributed by atoms with van der Waals surface area (Å²) >= 11 is 0. The molecule has 1 N–H and O–H groups in total. The van der Waals surface area contributed by atoms with E-state index in [1.54, 1.807) is 6.92 Å². The fourth-order valence-electron chi connectivity index (χ4n) is 1.56. The van der Waals surface area contributed by atoms with E-state index in [1.807, 2.05) is 37.3 Å². The van der Waals surface area contributed by atoms with Gasteiger partial charge in [0.2, 0.25) is 0 Å². The Hall–Kier alpha value is -1.48. The zero-order valence-corrected chi connectivity index (χ0v) is 8.23. The van der Waals surface area contributed by atoms with Crippen molar-refractivity contribution < 1.29 is 5.11 Å². The maximum Gasteiger partial charge on any atom is 0.252 e. The van der Waals surface area contributed by atoms with Crippen molar-refractivity contribution in [2.75, 3.05) is 0 Å². The van der Waals surface area contributed by atoms with Crippen molar-refractivity contribution in [1.29, 1.82) is 0 Å². The molecule has 72 valence electrons. The van der Waals surface area contributed by atoms with E-state index in [1.165, 1.54) is 0 Å².